The van der Waals surface area contributed by atoms with Gasteiger partial charge in [0.05, 0.1) is 0 Å². The standard InChI is InChI=1S/C32H23F34NOS/c1-14(13-15-7-3-2-4-8-15)68-16(69)67(11-5-9-17(33,34)19(37,38)21(41,42)23(45,46)25(49,50)27(53,54)29(57,58)31(61,62)63)12-6-10-18(35,36)20(39,40)22(43,44)24(47,48)26(51,52)28(55,56)30(59,60)32(64,65)66/h2-4,7-8,14H,5-6,9-13H2,1H3. The molecule has 406 valence electrons. The van der Waals surface area contributed by atoms with Crippen LogP contribution in [0, 0.1) is 0 Å². The molecule has 0 aromatic heterocycles. The smallest absolute Gasteiger partial charge is 0.460 e. The lowest BCUT2D eigenvalue weighted by atomic mass is 9.88. The predicted octanol–water partition coefficient (Wildman–Crippen LogP) is 14.8. The molecule has 0 saturated carbocycles. The van der Waals surface area contributed by atoms with Crippen LogP contribution in [0.4, 0.5) is 149 Å². The van der Waals surface area contributed by atoms with E-state index < -0.39 is 145 Å². The van der Waals surface area contributed by atoms with Crippen LogP contribution >= 0.6 is 12.2 Å². The SMILES string of the molecule is CC(Cc1ccccc1)OC(=S)N(CCCC(F)(F)C(F)(F)C(F)(F)C(F)(F)C(F)(F)C(F)(F)C(F)(F)C(F)(F)F)CCCC(F)(F)C(F)(F)C(F)(F)C(F)(F)C(F)(F)C(F)(F)C(F)(F)C(F)(F)F. The quantitative estimate of drug-likeness (QED) is 0.0800. The Kier molecular flexibility index (Phi) is 17.4. The van der Waals surface area contributed by atoms with E-state index in [0.29, 0.717) is 0 Å². The maximum atomic E-state index is 14.5. The molecule has 0 aliphatic rings. The Morgan fingerprint density at radius 1 is 0.406 bits per heavy atom. The minimum Gasteiger partial charge on any atom is -0.468 e. The summed E-state index contributed by atoms with van der Waals surface area (Å²) in [5.41, 5.74) is 0.259. The Hall–Kier alpha value is -3.47. The van der Waals surface area contributed by atoms with Crippen LogP contribution in [0.25, 0.3) is 0 Å². The van der Waals surface area contributed by atoms with Crippen molar-refractivity contribution >= 4 is 17.4 Å². The summed E-state index contributed by atoms with van der Waals surface area (Å²) >= 11 is 4.61. The van der Waals surface area contributed by atoms with Crippen LogP contribution in [-0.4, -0.2) is 125 Å². The van der Waals surface area contributed by atoms with Crippen LogP contribution in [0.3, 0.4) is 0 Å². The van der Waals surface area contributed by atoms with Gasteiger partial charge in [-0.1, -0.05) is 30.3 Å². The van der Waals surface area contributed by atoms with Gasteiger partial charge in [-0.05, 0) is 37.5 Å². The Bertz CT molecular complexity index is 1780. The zero-order chi connectivity index (χ0) is 55.5. The second kappa shape index (κ2) is 18.9. The van der Waals surface area contributed by atoms with Crippen LogP contribution < -0.4 is 0 Å². The first-order valence-corrected chi connectivity index (χ1v) is 17.8. The lowest BCUT2D eigenvalue weighted by Gasteiger charge is -2.43. The first-order valence-electron chi connectivity index (χ1n) is 17.4. The Morgan fingerprint density at radius 3 is 0.913 bits per heavy atom. The summed E-state index contributed by atoms with van der Waals surface area (Å²) in [5.74, 6) is -119. The molecule has 69 heavy (non-hydrogen) atoms. The van der Waals surface area contributed by atoms with Crippen molar-refractivity contribution in [2.75, 3.05) is 13.1 Å². The molecule has 1 atom stereocenters. The summed E-state index contributed by atoms with van der Waals surface area (Å²) in [6.07, 6.45) is -28.8. The van der Waals surface area contributed by atoms with Crippen molar-refractivity contribution in [3.63, 3.8) is 0 Å². The number of ether oxygens (including phenoxy) is 1. The molecule has 0 saturated heterocycles. The minimum absolute atomic E-state index is 0.208. The average molecular weight is 1120 g/mol. The molecule has 1 rings (SSSR count). The zero-order valence-corrected chi connectivity index (χ0v) is 33.3. The Labute approximate surface area is 366 Å². The van der Waals surface area contributed by atoms with Gasteiger partial charge in [0.2, 0.25) is 0 Å². The summed E-state index contributed by atoms with van der Waals surface area (Å²) in [7, 11) is 0. The molecule has 1 aromatic carbocycles. The number of alkyl halides is 34. The molecule has 1 aromatic rings. The predicted molar refractivity (Wildman–Crippen MR) is 165 cm³/mol. The number of hydrogen-bond donors (Lipinski definition) is 0. The fraction of sp³-hybridized carbons (Fsp3) is 0.781. The summed E-state index contributed by atoms with van der Waals surface area (Å²) < 4.78 is 469. The van der Waals surface area contributed by atoms with E-state index in [4.69, 9.17) is 4.74 Å². The average Bonchev–Trinajstić information content (AvgIpc) is 3.15. The van der Waals surface area contributed by atoms with Gasteiger partial charge in [0.15, 0.2) is 0 Å². The van der Waals surface area contributed by atoms with Crippen molar-refractivity contribution < 1.29 is 154 Å². The maximum absolute atomic E-state index is 14.5. The van der Waals surface area contributed by atoms with E-state index >= 15 is 0 Å². The van der Waals surface area contributed by atoms with Gasteiger partial charge >= 0.3 is 95.3 Å². The fourth-order valence-electron chi connectivity index (χ4n) is 5.22. The highest BCUT2D eigenvalue weighted by Gasteiger charge is 2.97. The number of nitrogens with zero attached hydrogens (tertiary/aromatic N) is 1. The van der Waals surface area contributed by atoms with Gasteiger partial charge in [0.1, 0.15) is 6.10 Å². The number of halogens is 34. The topological polar surface area (TPSA) is 12.5 Å². The van der Waals surface area contributed by atoms with Crippen molar-refractivity contribution in [3.05, 3.63) is 35.9 Å². The minimum atomic E-state index is -9.02. The third kappa shape index (κ3) is 10.3. The summed E-state index contributed by atoms with van der Waals surface area (Å²) in [6, 6.07) is 6.69. The summed E-state index contributed by atoms with van der Waals surface area (Å²) in [6.45, 7) is -2.79. The molecule has 0 radical (unpaired) electrons. The van der Waals surface area contributed by atoms with E-state index in [1.165, 1.54) is 30.3 Å². The van der Waals surface area contributed by atoms with E-state index in [-0.39, 0.29) is 16.9 Å². The monoisotopic (exact) mass is 1120 g/mol. The first-order chi connectivity index (χ1) is 30.0. The molecular formula is C32H23F34NOS. The van der Waals surface area contributed by atoms with E-state index in [1.807, 2.05) is 0 Å². The number of thiocarbonyl (C=S) groups is 1. The number of rotatable bonds is 23. The van der Waals surface area contributed by atoms with E-state index in [2.05, 4.69) is 12.2 Å². The second-order valence-corrected chi connectivity index (χ2v) is 14.7. The Morgan fingerprint density at radius 2 is 0.652 bits per heavy atom. The molecule has 1 unspecified atom stereocenters. The van der Waals surface area contributed by atoms with Crippen LogP contribution in [-0.2, 0) is 11.2 Å². The third-order valence-electron chi connectivity index (χ3n) is 9.34. The van der Waals surface area contributed by atoms with E-state index in [0.717, 1.165) is 6.92 Å². The molecule has 37 heteroatoms. The van der Waals surface area contributed by atoms with Crippen molar-refractivity contribution in [1.82, 2.24) is 4.90 Å². The lowest BCUT2D eigenvalue weighted by molar-refractivity contribution is -0.461. The highest BCUT2D eigenvalue weighted by Crippen LogP contribution is 2.66. The lowest BCUT2D eigenvalue weighted by Crippen LogP contribution is -2.74. The van der Waals surface area contributed by atoms with Gasteiger partial charge in [-0.15, -0.1) is 0 Å². The van der Waals surface area contributed by atoms with Gasteiger partial charge < -0.3 is 9.64 Å². The molecule has 0 fully saturated rings. The molecule has 0 heterocycles. The van der Waals surface area contributed by atoms with Crippen LogP contribution in [0.1, 0.15) is 38.2 Å². The molecule has 0 aliphatic heterocycles. The van der Waals surface area contributed by atoms with Crippen LogP contribution in [0.2, 0.25) is 0 Å². The number of benzene rings is 1. The van der Waals surface area contributed by atoms with Gasteiger partial charge in [0.25, 0.3) is 5.17 Å². The summed E-state index contributed by atoms with van der Waals surface area (Å²) in [5, 5.41) is -1.43. The fourth-order valence-corrected chi connectivity index (χ4v) is 5.57. The largest absolute Gasteiger partial charge is 0.468 e. The maximum Gasteiger partial charge on any atom is 0.460 e. The van der Waals surface area contributed by atoms with Crippen LogP contribution in [0.15, 0.2) is 30.3 Å². The highest BCUT2D eigenvalue weighted by molar-refractivity contribution is 7.80. The molecule has 0 amide bonds. The molecule has 0 spiro atoms. The van der Waals surface area contributed by atoms with Gasteiger partial charge in [-0.3, -0.25) is 0 Å². The summed E-state index contributed by atoms with van der Waals surface area (Å²) in [4.78, 5) is -0.208. The van der Waals surface area contributed by atoms with Crippen LogP contribution in [0.5, 0.6) is 0 Å². The van der Waals surface area contributed by atoms with Crippen molar-refractivity contribution in [2.45, 2.75) is 140 Å². The molecule has 2 nitrogen and oxygen atoms in total. The van der Waals surface area contributed by atoms with E-state index in [1.54, 1.807) is 0 Å². The first kappa shape index (κ1) is 63.5. The third-order valence-corrected chi connectivity index (χ3v) is 9.69. The Balaban J connectivity index is 3.62. The highest BCUT2D eigenvalue weighted by atomic mass is 32.1. The second-order valence-electron chi connectivity index (χ2n) is 14.4. The molecule has 0 aliphatic carbocycles. The molecular weight excluding hydrogens is 1090 g/mol. The van der Waals surface area contributed by atoms with Gasteiger partial charge in [-0.25, -0.2) is 0 Å². The zero-order valence-electron chi connectivity index (χ0n) is 32.5. The van der Waals surface area contributed by atoms with Gasteiger partial charge in [0, 0.05) is 32.4 Å². The van der Waals surface area contributed by atoms with Crippen molar-refractivity contribution in [2.24, 2.45) is 0 Å². The molecule has 0 N–H and O–H groups in total. The molecule has 0 bridgehead atoms. The van der Waals surface area contributed by atoms with Crippen molar-refractivity contribution in [1.29, 1.82) is 0 Å². The van der Waals surface area contributed by atoms with Gasteiger partial charge in [-0.2, -0.15) is 149 Å². The van der Waals surface area contributed by atoms with Crippen molar-refractivity contribution in [3.8, 4) is 0 Å². The number of hydrogen-bond acceptors (Lipinski definition) is 2. The van der Waals surface area contributed by atoms with E-state index in [9.17, 15) is 149 Å². The normalized spacial score (nSPS) is 16.2.